The first-order valence-electron chi connectivity index (χ1n) is 12.7. The molecule has 3 aromatic rings. The summed E-state index contributed by atoms with van der Waals surface area (Å²) in [6.07, 6.45) is 5.96. The highest BCUT2D eigenvalue weighted by molar-refractivity contribution is 7.89. The Labute approximate surface area is 227 Å². The Hall–Kier alpha value is -3.76. The molecule has 0 unspecified atom stereocenters. The van der Waals surface area contributed by atoms with Crippen LogP contribution < -0.4 is 4.90 Å². The number of halogens is 1. The number of carbonyl (C=O) groups is 2. The maximum Gasteiger partial charge on any atom is 0.339 e. The van der Waals surface area contributed by atoms with E-state index in [1.165, 1.54) is 55.0 Å². The normalized spacial score (nSPS) is 14.3. The van der Waals surface area contributed by atoms with Crippen molar-refractivity contribution < 1.29 is 32.6 Å². The van der Waals surface area contributed by atoms with Crippen LogP contribution in [0.3, 0.4) is 0 Å². The molecule has 2 N–H and O–H groups in total. The van der Waals surface area contributed by atoms with E-state index in [4.69, 9.17) is 0 Å². The third kappa shape index (κ3) is 6.63. The number of phenols is 1. The number of hydrogen-bond donors (Lipinski definition) is 2. The number of nitrogens with zero attached hydrogens (tertiary/aromatic N) is 2. The lowest BCUT2D eigenvalue weighted by Gasteiger charge is -2.26. The van der Waals surface area contributed by atoms with E-state index in [2.05, 4.69) is 0 Å². The number of hydrogen-bond acceptors (Lipinski definition) is 5. The summed E-state index contributed by atoms with van der Waals surface area (Å²) in [5.41, 5.74) is 1.92. The largest absolute Gasteiger partial charge is 0.507 e. The topological polar surface area (TPSA) is 115 Å². The van der Waals surface area contributed by atoms with Gasteiger partial charge in [-0.2, -0.15) is 4.31 Å². The second-order valence-electron chi connectivity index (χ2n) is 9.78. The van der Waals surface area contributed by atoms with Gasteiger partial charge in [-0.05, 0) is 66.3 Å². The predicted octanol–water partition coefficient (Wildman–Crippen LogP) is 5.13. The van der Waals surface area contributed by atoms with Gasteiger partial charge in [-0.25, -0.2) is 17.6 Å². The SMILES string of the molecule is CN(CC(=O)N(Cc1ccc(C2CCCCC2)cc1)c1ccc(C(=O)O)c(O)c1)S(=O)(=O)c1ccc(F)cc1. The Morgan fingerprint density at radius 2 is 1.59 bits per heavy atom. The number of benzene rings is 3. The Morgan fingerprint density at radius 3 is 2.18 bits per heavy atom. The van der Waals surface area contributed by atoms with Gasteiger partial charge in [-0.1, -0.05) is 43.5 Å². The fourth-order valence-electron chi connectivity index (χ4n) is 4.85. The van der Waals surface area contributed by atoms with E-state index in [1.807, 2.05) is 24.3 Å². The first-order valence-corrected chi connectivity index (χ1v) is 14.2. The minimum Gasteiger partial charge on any atom is -0.507 e. The van der Waals surface area contributed by atoms with Crippen LogP contribution in [0.25, 0.3) is 0 Å². The van der Waals surface area contributed by atoms with E-state index in [9.17, 15) is 32.6 Å². The Bertz CT molecular complexity index is 1440. The van der Waals surface area contributed by atoms with Crippen molar-refractivity contribution >= 4 is 27.6 Å². The molecule has 1 fully saturated rings. The van der Waals surface area contributed by atoms with Gasteiger partial charge in [-0.15, -0.1) is 0 Å². The molecule has 1 aliphatic rings. The number of carbonyl (C=O) groups excluding carboxylic acids is 1. The zero-order valence-corrected chi connectivity index (χ0v) is 22.4. The van der Waals surface area contributed by atoms with E-state index in [0.29, 0.717) is 5.92 Å². The van der Waals surface area contributed by atoms with Crippen LogP contribution in [0.4, 0.5) is 10.1 Å². The number of aromatic carboxylic acids is 1. The van der Waals surface area contributed by atoms with Gasteiger partial charge in [0.15, 0.2) is 0 Å². The van der Waals surface area contributed by atoms with Crippen LogP contribution in [-0.2, 0) is 21.4 Å². The summed E-state index contributed by atoms with van der Waals surface area (Å²) in [5.74, 6) is -2.51. The van der Waals surface area contributed by atoms with Gasteiger partial charge in [-0.3, -0.25) is 4.79 Å². The van der Waals surface area contributed by atoms with Crippen molar-refractivity contribution in [2.45, 2.75) is 49.5 Å². The summed E-state index contributed by atoms with van der Waals surface area (Å²) in [4.78, 5) is 26.0. The number of rotatable bonds is 9. The number of amides is 1. The fraction of sp³-hybridized carbons (Fsp3) is 0.310. The van der Waals surface area contributed by atoms with Crippen LogP contribution in [0, 0.1) is 5.82 Å². The molecule has 0 radical (unpaired) electrons. The van der Waals surface area contributed by atoms with E-state index < -0.39 is 40.0 Å². The van der Waals surface area contributed by atoms with Gasteiger partial charge in [0, 0.05) is 18.8 Å². The van der Waals surface area contributed by atoms with Gasteiger partial charge in [0.05, 0.1) is 18.0 Å². The third-order valence-corrected chi connectivity index (χ3v) is 8.92. The maximum absolute atomic E-state index is 13.5. The second-order valence-corrected chi connectivity index (χ2v) is 11.8. The summed E-state index contributed by atoms with van der Waals surface area (Å²) in [6, 6.07) is 16.0. The number of likely N-dealkylation sites (N-methyl/N-ethyl adjacent to an activating group) is 1. The first-order chi connectivity index (χ1) is 18.6. The first kappa shape index (κ1) is 28.3. The minimum absolute atomic E-state index is 0.0695. The van der Waals surface area contributed by atoms with Crippen molar-refractivity contribution in [1.82, 2.24) is 4.31 Å². The molecule has 1 aliphatic carbocycles. The molecule has 1 amide bonds. The fourth-order valence-corrected chi connectivity index (χ4v) is 5.97. The smallest absolute Gasteiger partial charge is 0.339 e. The molecule has 0 aromatic heterocycles. The predicted molar refractivity (Wildman–Crippen MR) is 145 cm³/mol. The van der Waals surface area contributed by atoms with E-state index in [-0.39, 0.29) is 22.7 Å². The highest BCUT2D eigenvalue weighted by Gasteiger charge is 2.27. The van der Waals surface area contributed by atoms with Crippen LogP contribution in [0.1, 0.15) is 59.5 Å². The molecule has 0 atom stereocenters. The summed E-state index contributed by atoms with van der Waals surface area (Å²) >= 11 is 0. The van der Waals surface area contributed by atoms with E-state index in [1.54, 1.807) is 0 Å². The number of aromatic hydroxyl groups is 1. The van der Waals surface area contributed by atoms with Crippen molar-refractivity contribution in [2.75, 3.05) is 18.5 Å². The quantitative estimate of drug-likeness (QED) is 0.379. The van der Waals surface area contributed by atoms with Gasteiger partial charge < -0.3 is 15.1 Å². The van der Waals surface area contributed by atoms with Crippen molar-refractivity contribution in [3.05, 3.63) is 89.2 Å². The monoisotopic (exact) mass is 554 g/mol. The molecule has 0 heterocycles. The molecule has 39 heavy (non-hydrogen) atoms. The zero-order valence-electron chi connectivity index (χ0n) is 21.6. The summed E-state index contributed by atoms with van der Waals surface area (Å²) in [6.45, 7) is -0.471. The van der Waals surface area contributed by atoms with Crippen LogP contribution in [-0.4, -0.2) is 48.4 Å². The molecule has 0 spiro atoms. The van der Waals surface area contributed by atoms with Crippen LogP contribution >= 0.6 is 0 Å². The highest BCUT2D eigenvalue weighted by Crippen LogP contribution is 2.33. The summed E-state index contributed by atoms with van der Waals surface area (Å²) in [5, 5.41) is 19.5. The van der Waals surface area contributed by atoms with Crippen molar-refractivity contribution in [2.24, 2.45) is 0 Å². The Morgan fingerprint density at radius 1 is 0.949 bits per heavy atom. The lowest BCUT2D eigenvalue weighted by Crippen LogP contribution is -2.41. The molecule has 4 rings (SSSR count). The molecule has 0 aliphatic heterocycles. The van der Waals surface area contributed by atoms with Crippen molar-refractivity contribution in [3.63, 3.8) is 0 Å². The average molecular weight is 555 g/mol. The van der Waals surface area contributed by atoms with Crippen molar-refractivity contribution in [3.8, 4) is 5.75 Å². The van der Waals surface area contributed by atoms with Gasteiger partial charge in [0.2, 0.25) is 15.9 Å². The molecule has 0 bridgehead atoms. The van der Waals surface area contributed by atoms with Gasteiger partial charge >= 0.3 is 5.97 Å². The molecule has 0 saturated heterocycles. The van der Waals surface area contributed by atoms with Crippen LogP contribution in [0.2, 0.25) is 0 Å². The molecule has 8 nitrogen and oxygen atoms in total. The third-order valence-electron chi connectivity index (χ3n) is 7.10. The van der Waals surface area contributed by atoms with Crippen molar-refractivity contribution in [1.29, 1.82) is 0 Å². The molecule has 206 valence electrons. The van der Waals surface area contributed by atoms with Crippen LogP contribution in [0.15, 0.2) is 71.6 Å². The molecule has 3 aromatic carbocycles. The molecule has 10 heteroatoms. The number of sulfonamides is 1. The van der Waals surface area contributed by atoms with Gasteiger partial charge in [0.1, 0.15) is 17.1 Å². The lowest BCUT2D eigenvalue weighted by atomic mass is 9.84. The van der Waals surface area contributed by atoms with E-state index in [0.717, 1.165) is 47.0 Å². The van der Waals surface area contributed by atoms with Gasteiger partial charge in [0.25, 0.3) is 0 Å². The molecular formula is C29H31FN2O6S. The zero-order chi connectivity index (χ0) is 28.2. The number of carboxylic acids is 1. The molecular weight excluding hydrogens is 523 g/mol. The summed E-state index contributed by atoms with van der Waals surface area (Å²) in [7, 11) is -2.84. The number of anilines is 1. The minimum atomic E-state index is -4.09. The average Bonchev–Trinajstić information content (AvgIpc) is 2.92. The number of carboxylic acid groups (broad SMARTS) is 1. The molecule has 1 saturated carbocycles. The second kappa shape index (κ2) is 12.0. The Kier molecular flexibility index (Phi) is 8.66. The summed E-state index contributed by atoms with van der Waals surface area (Å²) < 4.78 is 40.1. The Balaban J connectivity index is 1.60. The van der Waals surface area contributed by atoms with E-state index >= 15 is 0 Å². The lowest BCUT2D eigenvalue weighted by molar-refractivity contribution is -0.118. The standard InChI is InChI=1S/C29H31FN2O6S/c1-31(39(37,38)25-14-11-23(30)12-15-25)19-28(34)32(24-13-16-26(29(35)36)27(33)17-24)18-20-7-9-22(10-8-20)21-5-3-2-4-6-21/h7-17,21,33H,2-6,18-19H2,1H3,(H,35,36). The highest BCUT2D eigenvalue weighted by atomic mass is 32.2. The van der Waals surface area contributed by atoms with Crippen LogP contribution in [0.5, 0.6) is 5.75 Å². The maximum atomic E-state index is 13.5.